The van der Waals surface area contributed by atoms with Crippen molar-refractivity contribution >= 4 is 33.4 Å². The van der Waals surface area contributed by atoms with Crippen LogP contribution in [0.15, 0.2) is 58.3 Å². The summed E-state index contributed by atoms with van der Waals surface area (Å²) >= 11 is 1.60. The maximum absolute atomic E-state index is 13.0. The van der Waals surface area contributed by atoms with E-state index in [9.17, 15) is 17.6 Å². The zero-order valence-corrected chi connectivity index (χ0v) is 17.1. The third-order valence-electron chi connectivity index (χ3n) is 4.50. The number of rotatable bonds is 6. The second-order valence-corrected chi connectivity index (χ2v) is 9.23. The molecule has 1 N–H and O–H groups in total. The van der Waals surface area contributed by atoms with E-state index in [0.29, 0.717) is 13.1 Å². The molecule has 0 aliphatic carbocycles. The highest BCUT2D eigenvalue weighted by Gasteiger charge is 2.29. The van der Waals surface area contributed by atoms with Crippen LogP contribution < -0.4 is 5.32 Å². The number of nitrogens with zero attached hydrogens (tertiary/aromatic N) is 2. The van der Waals surface area contributed by atoms with E-state index < -0.39 is 15.8 Å². The highest BCUT2D eigenvalue weighted by molar-refractivity contribution is 7.98. The molecule has 150 valence electrons. The number of hydrogen-bond acceptors (Lipinski definition) is 5. The summed E-state index contributed by atoms with van der Waals surface area (Å²) in [4.78, 5) is 15.4. The first kappa shape index (κ1) is 20.8. The first-order chi connectivity index (χ1) is 13.4. The Kier molecular flexibility index (Phi) is 6.71. The molecule has 1 aliphatic rings. The van der Waals surface area contributed by atoms with E-state index >= 15 is 0 Å². The lowest BCUT2D eigenvalue weighted by Gasteiger charge is -2.33. The van der Waals surface area contributed by atoms with Crippen LogP contribution in [0.1, 0.15) is 0 Å². The van der Waals surface area contributed by atoms with Crippen molar-refractivity contribution in [2.24, 2.45) is 0 Å². The van der Waals surface area contributed by atoms with E-state index in [2.05, 4.69) is 5.32 Å². The van der Waals surface area contributed by atoms with Crippen molar-refractivity contribution < 1.29 is 17.6 Å². The van der Waals surface area contributed by atoms with Gasteiger partial charge in [-0.1, -0.05) is 6.07 Å². The van der Waals surface area contributed by atoms with Crippen molar-refractivity contribution in [2.45, 2.75) is 9.79 Å². The van der Waals surface area contributed by atoms with Gasteiger partial charge in [0.1, 0.15) is 5.82 Å². The molecule has 0 spiro atoms. The van der Waals surface area contributed by atoms with Crippen LogP contribution in [-0.4, -0.2) is 62.5 Å². The monoisotopic (exact) mass is 423 g/mol. The van der Waals surface area contributed by atoms with Crippen molar-refractivity contribution in [2.75, 3.05) is 44.3 Å². The number of carbonyl (C=O) groups excluding carboxylic acids is 1. The molecular formula is C19H22FN3O3S2. The highest BCUT2D eigenvalue weighted by Crippen LogP contribution is 2.20. The molecule has 3 rings (SSSR count). The topological polar surface area (TPSA) is 69.7 Å². The fourth-order valence-corrected chi connectivity index (χ4v) is 4.87. The average Bonchev–Trinajstić information content (AvgIpc) is 2.69. The van der Waals surface area contributed by atoms with Gasteiger partial charge in [0.25, 0.3) is 0 Å². The molecule has 1 aliphatic heterocycles. The molecule has 1 fully saturated rings. The third-order valence-corrected chi connectivity index (χ3v) is 7.14. The fourth-order valence-electron chi connectivity index (χ4n) is 2.99. The van der Waals surface area contributed by atoms with Crippen LogP contribution in [0.2, 0.25) is 0 Å². The standard InChI is InChI=1S/C19H22FN3O3S2/c1-27-17-4-2-3-16(13-17)21-19(24)14-22-9-11-23(12-10-22)28(25,26)18-7-5-15(20)6-8-18/h2-8,13H,9-12,14H2,1H3,(H,21,24). The van der Waals surface area contributed by atoms with Gasteiger partial charge in [-0.05, 0) is 48.7 Å². The molecule has 2 aromatic rings. The second-order valence-electron chi connectivity index (χ2n) is 6.41. The van der Waals surface area contributed by atoms with Crippen molar-refractivity contribution in [3.63, 3.8) is 0 Å². The number of anilines is 1. The molecule has 0 unspecified atom stereocenters. The first-order valence-electron chi connectivity index (χ1n) is 8.80. The van der Waals surface area contributed by atoms with Crippen LogP contribution >= 0.6 is 11.8 Å². The van der Waals surface area contributed by atoms with Crippen LogP contribution in [-0.2, 0) is 14.8 Å². The molecule has 1 saturated heterocycles. The lowest BCUT2D eigenvalue weighted by Crippen LogP contribution is -2.50. The van der Waals surface area contributed by atoms with Crippen molar-refractivity contribution in [1.29, 1.82) is 0 Å². The molecule has 28 heavy (non-hydrogen) atoms. The summed E-state index contributed by atoms with van der Waals surface area (Å²) in [6, 6.07) is 12.4. The van der Waals surface area contributed by atoms with E-state index in [4.69, 9.17) is 0 Å². The van der Waals surface area contributed by atoms with Crippen molar-refractivity contribution in [3.05, 3.63) is 54.3 Å². The van der Waals surface area contributed by atoms with Gasteiger partial charge in [-0.15, -0.1) is 11.8 Å². The molecule has 6 nitrogen and oxygen atoms in total. The van der Waals surface area contributed by atoms with E-state index in [1.807, 2.05) is 35.4 Å². The van der Waals surface area contributed by atoms with Gasteiger partial charge in [0.05, 0.1) is 11.4 Å². The molecule has 9 heteroatoms. The highest BCUT2D eigenvalue weighted by atomic mass is 32.2. The van der Waals surface area contributed by atoms with Gasteiger partial charge in [-0.2, -0.15) is 4.31 Å². The predicted octanol–water partition coefficient (Wildman–Crippen LogP) is 2.49. The van der Waals surface area contributed by atoms with Gasteiger partial charge < -0.3 is 5.32 Å². The largest absolute Gasteiger partial charge is 0.325 e. The van der Waals surface area contributed by atoms with E-state index in [-0.39, 0.29) is 30.4 Å². The number of benzene rings is 2. The number of carbonyl (C=O) groups is 1. The Morgan fingerprint density at radius 1 is 1.11 bits per heavy atom. The summed E-state index contributed by atoms with van der Waals surface area (Å²) in [5, 5.41) is 2.88. The summed E-state index contributed by atoms with van der Waals surface area (Å²) in [5.74, 6) is -0.606. The number of hydrogen-bond donors (Lipinski definition) is 1. The number of thioether (sulfide) groups is 1. The number of sulfonamides is 1. The minimum Gasteiger partial charge on any atom is -0.325 e. The maximum Gasteiger partial charge on any atom is 0.243 e. The van der Waals surface area contributed by atoms with Crippen LogP contribution in [0.5, 0.6) is 0 Å². The molecule has 0 atom stereocenters. The van der Waals surface area contributed by atoms with Crippen LogP contribution in [0.3, 0.4) is 0 Å². The number of nitrogens with one attached hydrogen (secondary N) is 1. The average molecular weight is 424 g/mol. The Morgan fingerprint density at radius 2 is 1.79 bits per heavy atom. The van der Waals surface area contributed by atoms with Gasteiger partial charge in [-0.3, -0.25) is 9.69 Å². The third kappa shape index (κ3) is 5.11. The van der Waals surface area contributed by atoms with Gasteiger partial charge in [0.2, 0.25) is 15.9 Å². The van der Waals surface area contributed by atoms with Crippen LogP contribution in [0.25, 0.3) is 0 Å². The summed E-state index contributed by atoms with van der Waals surface area (Å²) in [7, 11) is -3.65. The Bertz CT molecular complexity index is 928. The number of piperazine rings is 1. The first-order valence-corrected chi connectivity index (χ1v) is 11.5. The number of halogens is 1. The van der Waals surface area contributed by atoms with Crippen molar-refractivity contribution in [1.82, 2.24) is 9.21 Å². The Morgan fingerprint density at radius 3 is 2.43 bits per heavy atom. The quantitative estimate of drug-likeness (QED) is 0.723. The summed E-state index contributed by atoms with van der Waals surface area (Å²) in [5.41, 5.74) is 0.745. The second kappa shape index (κ2) is 9.04. The molecule has 1 amide bonds. The van der Waals surface area contributed by atoms with E-state index in [1.165, 1.54) is 16.4 Å². The fraction of sp³-hybridized carbons (Fsp3) is 0.316. The molecule has 0 bridgehead atoms. The predicted molar refractivity (Wildman–Crippen MR) is 108 cm³/mol. The summed E-state index contributed by atoms with van der Waals surface area (Å²) in [6.07, 6.45) is 1.97. The van der Waals surface area contributed by atoms with Gasteiger partial charge in [-0.25, -0.2) is 12.8 Å². The van der Waals surface area contributed by atoms with Crippen LogP contribution in [0, 0.1) is 5.82 Å². The summed E-state index contributed by atoms with van der Waals surface area (Å²) < 4.78 is 39.7. The molecule has 0 aromatic heterocycles. The minimum atomic E-state index is -3.65. The molecule has 1 heterocycles. The maximum atomic E-state index is 13.0. The Hall–Kier alpha value is -1.94. The molecule has 0 radical (unpaired) electrons. The smallest absolute Gasteiger partial charge is 0.243 e. The van der Waals surface area contributed by atoms with Gasteiger partial charge in [0, 0.05) is 36.8 Å². The minimum absolute atomic E-state index is 0.0776. The lowest BCUT2D eigenvalue weighted by atomic mass is 10.3. The number of amides is 1. The normalized spacial score (nSPS) is 16.1. The van der Waals surface area contributed by atoms with Crippen LogP contribution in [0.4, 0.5) is 10.1 Å². The van der Waals surface area contributed by atoms with Crippen molar-refractivity contribution in [3.8, 4) is 0 Å². The Labute approximate surface area is 168 Å². The SMILES string of the molecule is CSc1cccc(NC(=O)CN2CCN(S(=O)(=O)c3ccc(F)cc3)CC2)c1. The van der Waals surface area contributed by atoms with E-state index in [0.717, 1.165) is 22.7 Å². The summed E-state index contributed by atoms with van der Waals surface area (Å²) in [6.45, 7) is 1.69. The zero-order chi connectivity index (χ0) is 20.1. The molecule has 0 saturated carbocycles. The zero-order valence-electron chi connectivity index (χ0n) is 15.5. The van der Waals surface area contributed by atoms with Gasteiger partial charge >= 0.3 is 0 Å². The molecule has 2 aromatic carbocycles. The van der Waals surface area contributed by atoms with E-state index in [1.54, 1.807) is 11.8 Å². The molecular weight excluding hydrogens is 401 g/mol. The van der Waals surface area contributed by atoms with Gasteiger partial charge in [0.15, 0.2) is 0 Å². The Balaban J connectivity index is 1.53. The lowest BCUT2D eigenvalue weighted by molar-refractivity contribution is -0.117.